The zero-order valence-corrected chi connectivity index (χ0v) is 48.8. The zero-order valence-electron chi connectivity index (χ0n) is 47.9. The van der Waals surface area contributed by atoms with Crippen molar-refractivity contribution in [2.24, 2.45) is 0 Å². The van der Waals surface area contributed by atoms with E-state index in [0.717, 1.165) is 38.5 Å². The van der Waals surface area contributed by atoms with Crippen molar-refractivity contribution in [2.45, 2.75) is 358 Å². The summed E-state index contributed by atoms with van der Waals surface area (Å²) >= 11 is 0. The lowest BCUT2D eigenvalue weighted by atomic mass is 9.99. The van der Waals surface area contributed by atoms with Crippen molar-refractivity contribution in [3.63, 3.8) is 0 Å². The molecule has 1 fully saturated rings. The minimum Gasteiger partial charge on any atom is -0.394 e. The Labute approximate surface area is 455 Å². The van der Waals surface area contributed by atoms with Crippen molar-refractivity contribution >= 4 is 16.3 Å². The monoisotopic (exact) mass is 1070 g/mol. The molecule has 0 aromatic heterocycles. The van der Waals surface area contributed by atoms with Gasteiger partial charge in [-0.25, -0.2) is 4.18 Å². The molecule has 1 aliphatic rings. The normalized spacial score (nSPS) is 19.1. The van der Waals surface area contributed by atoms with Crippen molar-refractivity contribution in [2.75, 3.05) is 13.2 Å². The summed E-state index contributed by atoms with van der Waals surface area (Å²) < 4.78 is 47.9. The highest BCUT2D eigenvalue weighted by atomic mass is 32.3. The Morgan fingerprint density at radius 1 is 0.527 bits per heavy atom. The Morgan fingerprint density at radius 3 is 1.18 bits per heavy atom. The predicted octanol–water partition coefficient (Wildman–Crippen LogP) is 15.4. The molecule has 0 radical (unpaired) electrons. The molecule has 6 N–H and O–H groups in total. The molecule has 12 nitrogen and oxygen atoms in total. The van der Waals surface area contributed by atoms with Gasteiger partial charge in [-0.05, 0) is 19.3 Å². The SMILES string of the molecule is CCCCCCCCCCCCCCCCCCCC/C=C/C(O)C(COC1OC(CO)C(O)C(OS(=O)(=O)O)C1O)NC(=O)CCCCCCCCCCCCCCCCCCCCCCCCCCCCC. The number of aliphatic hydroxyl groups excluding tert-OH is 4. The number of carbonyl (C=O) groups is 1. The molecule has 0 aliphatic carbocycles. The Kier molecular flexibility index (Phi) is 49.1. The number of rotatable bonds is 56. The summed E-state index contributed by atoms with van der Waals surface area (Å²) in [7, 11) is -5.09. The molecule has 440 valence electrons. The third kappa shape index (κ3) is 42.8. The van der Waals surface area contributed by atoms with Crippen LogP contribution in [0.15, 0.2) is 12.2 Å². The maximum Gasteiger partial charge on any atom is 0.397 e. The van der Waals surface area contributed by atoms with Gasteiger partial charge in [-0.2, -0.15) is 8.42 Å². The quantitative estimate of drug-likeness (QED) is 0.0193. The molecular weight excluding hydrogens is 955 g/mol. The first-order chi connectivity index (χ1) is 36.0. The van der Waals surface area contributed by atoms with E-state index >= 15 is 0 Å². The number of amides is 1. The van der Waals surface area contributed by atoms with Crippen LogP contribution in [0.5, 0.6) is 0 Å². The molecule has 1 heterocycles. The fraction of sp³-hybridized carbons (Fsp3) is 0.951. The van der Waals surface area contributed by atoms with Crippen LogP contribution in [-0.2, 0) is 28.9 Å². The number of unbranched alkanes of at least 4 members (excludes halogenated alkanes) is 44. The largest absolute Gasteiger partial charge is 0.397 e. The van der Waals surface area contributed by atoms with Gasteiger partial charge in [-0.15, -0.1) is 0 Å². The highest BCUT2D eigenvalue weighted by Gasteiger charge is 2.48. The van der Waals surface area contributed by atoms with Crippen LogP contribution in [0.2, 0.25) is 0 Å². The van der Waals surface area contributed by atoms with Gasteiger partial charge >= 0.3 is 10.4 Å². The Bertz CT molecular complexity index is 1350. The summed E-state index contributed by atoms with van der Waals surface area (Å²) in [5, 5.41) is 45.1. The zero-order chi connectivity index (χ0) is 54.0. The molecule has 1 amide bonds. The first-order valence-corrected chi connectivity index (χ1v) is 32.9. The molecule has 1 rings (SSSR count). The first-order valence-electron chi connectivity index (χ1n) is 31.6. The summed E-state index contributed by atoms with van der Waals surface area (Å²) in [5.41, 5.74) is 0. The number of hydrogen-bond acceptors (Lipinski definition) is 10. The van der Waals surface area contributed by atoms with Gasteiger partial charge < -0.3 is 35.2 Å². The van der Waals surface area contributed by atoms with Crippen LogP contribution in [0.4, 0.5) is 0 Å². The Balaban J connectivity index is 2.30. The molecule has 74 heavy (non-hydrogen) atoms. The maximum absolute atomic E-state index is 13.2. The van der Waals surface area contributed by atoms with Crippen LogP contribution in [0, 0.1) is 0 Å². The van der Waals surface area contributed by atoms with Gasteiger partial charge in [0.15, 0.2) is 6.29 Å². The van der Waals surface area contributed by atoms with Gasteiger partial charge in [-0.3, -0.25) is 9.35 Å². The van der Waals surface area contributed by atoms with Crippen molar-refractivity contribution in [3.05, 3.63) is 12.2 Å². The molecule has 0 spiro atoms. The van der Waals surface area contributed by atoms with Crippen LogP contribution < -0.4 is 5.32 Å². The van der Waals surface area contributed by atoms with Gasteiger partial charge in [0, 0.05) is 6.42 Å². The minimum atomic E-state index is -5.09. The maximum atomic E-state index is 13.2. The van der Waals surface area contributed by atoms with E-state index in [1.54, 1.807) is 6.08 Å². The number of ether oxygens (including phenoxy) is 2. The highest BCUT2D eigenvalue weighted by molar-refractivity contribution is 7.80. The van der Waals surface area contributed by atoms with Gasteiger partial charge in [-0.1, -0.05) is 302 Å². The summed E-state index contributed by atoms with van der Waals surface area (Å²) in [6, 6.07) is -0.941. The summed E-state index contributed by atoms with van der Waals surface area (Å²) in [4.78, 5) is 13.2. The number of nitrogens with one attached hydrogen (secondary N) is 1. The van der Waals surface area contributed by atoms with Crippen molar-refractivity contribution in [1.29, 1.82) is 0 Å². The van der Waals surface area contributed by atoms with Crippen molar-refractivity contribution in [3.8, 4) is 0 Å². The highest BCUT2D eigenvalue weighted by Crippen LogP contribution is 2.26. The number of hydrogen-bond donors (Lipinski definition) is 6. The minimum absolute atomic E-state index is 0.254. The average Bonchev–Trinajstić information content (AvgIpc) is 3.38. The van der Waals surface area contributed by atoms with Gasteiger partial charge in [0.1, 0.15) is 24.4 Å². The first kappa shape index (κ1) is 70.9. The van der Waals surface area contributed by atoms with Crippen LogP contribution in [0.1, 0.15) is 316 Å². The van der Waals surface area contributed by atoms with Crippen LogP contribution in [0.25, 0.3) is 0 Å². The number of carbonyl (C=O) groups excluding carboxylic acids is 1. The van der Waals surface area contributed by atoms with Crippen LogP contribution in [0.3, 0.4) is 0 Å². The van der Waals surface area contributed by atoms with Gasteiger partial charge in [0.2, 0.25) is 5.91 Å². The van der Waals surface area contributed by atoms with E-state index < -0.39 is 59.9 Å². The van der Waals surface area contributed by atoms with Crippen molar-refractivity contribution < 1.29 is 51.8 Å². The molecule has 0 aromatic rings. The summed E-state index contributed by atoms with van der Waals surface area (Å²) in [6.07, 6.45) is 54.1. The predicted molar refractivity (Wildman–Crippen MR) is 306 cm³/mol. The molecule has 13 heteroatoms. The summed E-state index contributed by atoms with van der Waals surface area (Å²) in [5.74, 6) is -0.254. The average molecular weight is 1070 g/mol. The topological polar surface area (TPSA) is 192 Å². The fourth-order valence-electron chi connectivity index (χ4n) is 10.5. The van der Waals surface area contributed by atoms with Crippen LogP contribution >= 0.6 is 0 Å². The lowest BCUT2D eigenvalue weighted by molar-refractivity contribution is -0.298. The molecule has 0 saturated carbocycles. The van der Waals surface area contributed by atoms with E-state index in [1.807, 2.05) is 6.08 Å². The van der Waals surface area contributed by atoms with E-state index in [9.17, 15) is 38.2 Å². The Morgan fingerprint density at radius 2 is 0.851 bits per heavy atom. The standard InChI is InChI=1S/C61H119NO11S/c1-3-5-7-9-11-13-15-17-19-21-23-25-26-27-28-29-30-31-33-35-37-39-41-43-45-47-49-51-57(65)62-54(53-71-61-59(67)60(73-74(68,69)70)58(66)56(52-63)72-61)55(64)50-48-46-44-42-40-38-36-34-32-24-22-20-18-16-14-12-10-8-6-4-2/h48,50,54-56,58-61,63-64,66-67H,3-47,49,51-53H2,1-2H3,(H,62,65)(H,68,69,70)/b50-48+. The smallest absolute Gasteiger partial charge is 0.394 e. The molecule has 7 unspecified atom stereocenters. The van der Waals surface area contributed by atoms with E-state index in [0.29, 0.717) is 6.42 Å². The van der Waals surface area contributed by atoms with Crippen molar-refractivity contribution in [1.82, 2.24) is 5.32 Å². The van der Waals surface area contributed by atoms with E-state index in [1.165, 1.54) is 250 Å². The second-order valence-corrected chi connectivity index (χ2v) is 23.4. The third-order valence-corrected chi connectivity index (χ3v) is 15.8. The number of aliphatic hydroxyl groups is 4. The van der Waals surface area contributed by atoms with Gasteiger partial charge in [0.25, 0.3) is 0 Å². The molecule has 0 aromatic carbocycles. The molecule has 1 aliphatic heterocycles. The lowest BCUT2D eigenvalue weighted by Gasteiger charge is -2.41. The molecule has 0 bridgehead atoms. The van der Waals surface area contributed by atoms with Gasteiger partial charge in [0.05, 0.1) is 25.4 Å². The lowest BCUT2D eigenvalue weighted by Crippen LogP contribution is -2.61. The molecule has 1 saturated heterocycles. The number of allylic oxidation sites excluding steroid dienone is 1. The van der Waals surface area contributed by atoms with Crippen LogP contribution in [-0.4, -0.2) is 95.4 Å². The summed E-state index contributed by atoms with van der Waals surface area (Å²) in [6.45, 7) is 3.45. The molecular formula is C61H119NO11S. The third-order valence-electron chi connectivity index (χ3n) is 15.3. The fourth-order valence-corrected chi connectivity index (χ4v) is 11.0. The Hall–Kier alpha value is -1.16. The molecule has 7 atom stereocenters. The second kappa shape index (κ2) is 51.3. The second-order valence-electron chi connectivity index (χ2n) is 22.4. The van der Waals surface area contributed by atoms with E-state index in [-0.39, 0.29) is 18.9 Å². The van der Waals surface area contributed by atoms with E-state index in [4.69, 9.17) is 9.47 Å². The van der Waals surface area contributed by atoms with E-state index in [2.05, 4.69) is 23.3 Å².